The summed E-state index contributed by atoms with van der Waals surface area (Å²) < 4.78 is 10.7. The fourth-order valence-corrected chi connectivity index (χ4v) is 3.65. The van der Waals surface area contributed by atoms with Crippen molar-refractivity contribution in [2.75, 3.05) is 13.2 Å². The van der Waals surface area contributed by atoms with Crippen LogP contribution in [0.2, 0.25) is 0 Å². The zero-order valence-corrected chi connectivity index (χ0v) is 13.7. The molecule has 1 saturated heterocycles. The van der Waals surface area contributed by atoms with Gasteiger partial charge in [-0.3, -0.25) is 9.59 Å². The van der Waals surface area contributed by atoms with E-state index < -0.39 is 0 Å². The van der Waals surface area contributed by atoms with Crippen molar-refractivity contribution in [1.82, 2.24) is 0 Å². The number of esters is 2. The first kappa shape index (κ1) is 17.3. The molecule has 0 amide bonds. The van der Waals surface area contributed by atoms with Gasteiger partial charge in [-0.2, -0.15) is 0 Å². The Morgan fingerprint density at radius 3 is 1.91 bits per heavy atom. The Balaban J connectivity index is 1.85. The third kappa shape index (κ3) is 5.29. The Hall–Kier alpha value is -1.06. The molecule has 0 atom stereocenters. The van der Waals surface area contributed by atoms with E-state index in [2.05, 4.69) is 0 Å². The average Bonchev–Trinajstić information content (AvgIpc) is 2.98. The Morgan fingerprint density at radius 2 is 1.18 bits per heavy atom. The lowest BCUT2D eigenvalue weighted by Gasteiger charge is -2.26. The average molecular weight is 310 g/mol. The van der Waals surface area contributed by atoms with Gasteiger partial charge in [0.15, 0.2) is 0 Å². The van der Waals surface area contributed by atoms with E-state index in [1.54, 1.807) is 0 Å². The number of carbonyl (C=O) groups excluding carboxylic acids is 2. The Bertz CT molecular complexity index is 358. The number of hydrogen-bond acceptors (Lipinski definition) is 4. The first-order chi connectivity index (χ1) is 10.7. The first-order valence-corrected chi connectivity index (χ1v) is 9.06. The molecule has 0 aromatic carbocycles. The SMILES string of the molecule is O=C1CCCCCCCC2(CCCC2)C(=O)OCCCCO1. The van der Waals surface area contributed by atoms with Crippen molar-refractivity contribution >= 4 is 11.9 Å². The van der Waals surface area contributed by atoms with E-state index in [4.69, 9.17) is 9.47 Å². The molecule has 2 fully saturated rings. The largest absolute Gasteiger partial charge is 0.466 e. The van der Waals surface area contributed by atoms with Crippen molar-refractivity contribution in [3.05, 3.63) is 0 Å². The van der Waals surface area contributed by atoms with Gasteiger partial charge in [0.1, 0.15) is 0 Å². The molecule has 0 radical (unpaired) electrons. The smallest absolute Gasteiger partial charge is 0.312 e. The molecule has 4 nitrogen and oxygen atoms in total. The van der Waals surface area contributed by atoms with Gasteiger partial charge >= 0.3 is 11.9 Å². The van der Waals surface area contributed by atoms with E-state index in [1.807, 2.05) is 0 Å². The van der Waals surface area contributed by atoms with Gasteiger partial charge in [0.05, 0.1) is 18.6 Å². The lowest BCUT2D eigenvalue weighted by molar-refractivity contribution is -0.157. The summed E-state index contributed by atoms with van der Waals surface area (Å²) in [5.74, 6) is -0.0666. The molecule has 0 bridgehead atoms. The van der Waals surface area contributed by atoms with Gasteiger partial charge in [0.2, 0.25) is 0 Å². The number of ether oxygens (including phenoxy) is 2. The lowest BCUT2D eigenvalue weighted by Crippen LogP contribution is -2.30. The third-order valence-electron chi connectivity index (χ3n) is 5.06. The van der Waals surface area contributed by atoms with Crippen LogP contribution in [0.15, 0.2) is 0 Å². The van der Waals surface area contributed by atoms with Crippen LogP contribution in [0.5, 0.6) is 0 Å². The van der Waals surface area contributed by atoms with Crippen LogP contribution in [0, 0.1) is 5.41 Å². The molecular formula is C18H30O4. The normalized spacial score (nSPS) is 25.6. The van der Waals surface area contributed by atoms with E-state index in [9.17, 15) is 9.59 Å². The second-order valence-electron chi connectivity index (χ2n) is 6.82. The molecule has 126 valence electrons. The summed E-state index contributed by atoms with van der Waals surface area (Å²) in [6.45, 7) is 0.902. The molecule has 0 aromatic heterocycles. The maximum Gasteiger partial charge on any atom is 0.312 e. The number of carbonyl (C=O) groups is 2. The number of rotatable bonds is 0. The fraction of sp³-hybridized carbons (Fsp3) is 0.889. The molecule has 22 heavy (non-hydrogen) atoms. The summed E-state index contributed by atoms with van der Waals surface area (Å²) in [7, 11) is 0. The molecule has 2 aliphatic rings. The van der Waals surface area contributed by atoms with Crippen LogP contribution < -0.4 is 0 Å². The maximum absolute atomic E-state index is 12.5. The maximum atomic E-state index is 12.5. The van der Waals surface area contributed by atoms with Crippen molar-refractivity contribution in [3.63, 3.8) is 0 Å². The molecule has 1 heterocycles. The van der Waals surface area contributed by atoms with Gasteiger partial charge in [-0.15, -0.1) is 0 Å². The second-order valence-corrected chi connectivity index (χ2v) is 6.82. The predicted octanol–water partition coefficient (Wildman–Crippen LogP) is 4.16. The van der Waals surface area contributed by atoms with Crippen molar-refractivity contribution in [2.45, 2.75) is 83.5 Å². The minimum atomic E-state index is -0.191. The summed E-state index contributed by atoms with van der Waals surface area (Å²) >= 11 is 0. The Kier molecular flexibility index (Phi) is 7.20. The molecule has 1 saturated carbocycles. The Labute approximate surface area is 133 Å². The highest BCUT2D eigenvalue weighted by Gasteiger charge is 2.41. The number of hydrogen-bond donors (Lipinski definition) is 0. The highest BCUT2D eigenvalue weighted by atomic mass is 16.5. The van der Waals surface area contributed by atoms with E-state index >= 15 is 0 Å². The second kappa shape index (κ2) is 9.16. The summed E-state index contributed by atoms with van der Waals surface area (Å²) in [6, 6.07) is 0. The molecular weight excluding hydrogens is 280 g/mol. The molecule has 0 N–H and O–H groups in total. The molecule has 4 heteroatoms. The van der Waals surface area contributed by atoms with Crippen molar-refractivity contribution in [1.29, 1.82) is 0 Å². The summed E-state index contributed by atoms with van der Waals surface area (Å²) in [4.78, 5) is 24.0. The summed E-state index contributed by atoms with van der Waals surface area (Å²) in [6.07, 6.45) is 12.8. The van der Waals surface area contributed by atoms with E-state index in [0.29, 0.717) is 19.6 Å². The van der Waals surface area contributed by atoms with Gasteiger partial charge in [-0.25, -0.2) is 0 Å². The standard InChI is InChI=1S/C18H30O4/c19-16-10-4-2-1-3-5-11-18(12-6-7-13-18)17(20)22-15-9-8-14-21-16/h1-15H2. The predicted molar refractivity (Wildman–Crippen MR) is 84.4 cm³/mol. The van der Waals surface area contributed by atoms with E-state index in [0.717, 1.165) is 77.0 Å². The van der Waals surface area contributed by atoms with Crippen LogP contribution >= 0.6 is 0 Å². The highest BCUT2D eigenvalue weighted by molar-refractivity contribution is 5.77. The molecule has 1 aliphatic heterocycles. The third-order valence-corrected chi connectivity index (χ3v) is 5.06. The van der Waals surface area contributed by atoms with Crippen molar-refractivity contribution in [2.24, 2.45) is 5.41 Å². The molecule has 0 aromatic rings. The zero-order valence-electron chi connectivity index (χ0n) is 13.7. The van der Waals surface area contributed by atoms with Crippen LogP contribution in [0.3, 0.4) is 0 Å². The quantitative estimate of drug-likeness (QED) is 0.630. The highest BCUT2D eigenvalue weighted by Crippen LogP contribution is 2.43. The van der Waals surface area contributed by atoms with Crippen LogP contribution in [-0.2, 0) is 19.1 Å². The zero-order chi connectivity index (χ0) is 15.7. The van der Waals surface area contributed by atoms with E-state index in [1.165, 1.54) is 0 Å². The van der Waals surface area contributed by atoms with Gasteiger partial charge in [0, 0.05) is 6.42 Å². The molecule has 2 rings (SSSR count). The minimum Gasteiger partial charge on any atom is -0.466 e. The van der Waals surface area contributed by atoms with E-state index in [-0.39, 0.29) is 17.4 Å². The Morgan fingerprint density at radius 1 is 0.636 bits per heavy atom. The van der Waals surface area contributed by atoms with Crippen LogP contribution in [0.25, 0.3) is 0 Å². The summed E-state index contributed by atoms with van der Waals surface area (Å²) in [5, 5.41) is 0. The molecule has 1 spiro atoms. The van der Waals surface area contributed by atoms with Gasteiger partial charge < -0.3 is 9.47 Å². The minimum absolute atomic E-state index is 0.0223. The van der Waals surface area contributed by atoms with Gasteiger partial charge in [-0.05, 0) is 38.5 Å². The van der Waals surface area contributed by atoms with Gasteiger partial charge in [-0.1, -0.05) is 38.5 Å². The first-order valence-electron chi connectivity index (χ1n) is 9.06. The lowest BCUT2D eigenvalue weighted by atomic mass is 9.81. The van der Waals surface area contributed by atoms with Crippen LogP contribution in [0.4, 0.5) is 0 Å². The molecule has 1 aliphatic carbocycles. The van der Waals surface area contributed by atoms with Gasteiger partial charge in [0.25, 0.3) is 0 Å². The van der Waals surface area contributed by atoms with Crippen LogP contribution in [0.1, 0.15) is 83.5 Å². The molecule has 0 unspecified atom stereocenters. The fourth-order valence-electron chi connectivity index (χ4n) is 3.65. The topological polar surface area (TPSA) is 52.6 Å². The van der Waals surface area contributed by atoms with Crippen molar-refractivity contribution < 1.29 is 19.1 Å². The summed E-state index contributed by atoms with van der Waals surface area (Å²) in [5.41, 5.74) is -0.191. The van der Waals surface area contributed by atoms with Crippen molar-refractivity contribution in [3.8, 4) is 0 Å². The van der Waals surface area contributed by atoms with Crippen LogP contribution in [-0.4, -0.2) is 25.2 Å². The number of cyclic esters (lactones) is 2. The monoisotopic (exact) mass is 310 g/mol.